The average molecular weight is 306 g/mol. The number of benzene rings is 1. The Balaban J connectivity index is 2.52. The molecular weight excluding hydrogens is 294 g/mol. The molecule has 0 unspecified atom stereocenters. The predicted molar refractivity (Wildman–Crippen MR) is 81.4 cm³/mol. The van der Waals surface area contributed by atoms with Gasteiger partial charge in [0.25, 0.3) is 5.56 Å². The third-order valence-electron chi connectivity index (χ3n) is 3.29. The molecule has 1 N–H and O–H groups in total. The summed E-state index contributed by atoms with van der Waals surface area (Å²) in [5.41, 5.74) is 0.965. The molecule has 2 aliphatic heterocycles. The molecule has 0 aliphatic carbocycles. The molecular formula is C13H12ClN5O2. The fourth-order valence-corrected chi connectivity index (χ4v) is 2.57. The van der Waals surface area contributed by atoms with E-state index < -0.39 is 11.2 Å². The Hall–Kier alpha value is -2.41. The smallest absolute Gasteiger partial charge is 0.349 e. The second-order valence-corrected chi connectivity index (χ2v) is 5.31. The normalized spacial score (nSPS) is 11.2. The number of nitrogens with one attached hydrogen (secondary N) is 1. The molecule has 108 valence electrons. The van der Waals surface area contributed by atoms with Crippen molar-refractivity contribution in [1.29, 1.82) is 0 Å². The molecule has 7 nitrogen and oxygen atoms in total. The van der Waals surface area contributed by atoms with Crippen molar-refractivity contribution < 1.29 is 0 Å². The molecule has 2 aliphatic rings. The van der Waals surface area contributed by atoms with Crippen molar-refractivity contribution in [3.63, 3.8) is 0 Å². The average Bonchev–Trinajstić information content (AvgIpc) is 2.39. The van der Waals surface area contributed by atoms with E-state index >= 15 is 0 Å². The fraction of sp³-hybridized carbons (Fsp3) is 0.231. The van der Waals surface area contributed by atoms with Gasteiger partial charge in [-0.05, 0) is 12.1 Å². The van der Waals surface area contributed by atoms with Gasteiger partial charge in [0.1, 0.15) is 0 Å². The first-order chi connectivity index (χ1) is 9.88. The van der Waals surface area contributed by atoms with Gasteiger partial charge in [0, 0.05) is 21.1 Å². The molecule has 0 fully saturated rings. The zero-order valence-corrected chi connectivity index (χ0v) is 12.4. The number of hydrogen-bond acceptors (Lipinski definition) is 5. The fourth-order valence-electron chi connectivity index (χ4n) is 2.25. The van der Waals surface area contributed by atoms with Gasteiger partial charge < -0.3 is 9.47 Å². The van der Waals surface area contributed by atoms with E-state index in [-0.39, 0.29) is 11.5 Å². The topological polar surface area (TPSA) is 83.9 Å². The summed E-state index contributed by atoms with van der Waals surface area (Å²) in [6.07, 6.45) is 0. The van der Waals surface area contributed by atoms with Crippen molar-refractivity contribution in [1.82, 2.24) is 19.5 Å². The van der Waals surface area contributed by atoms with E-state index in [1.165, 1.54) is 0 Å². The summed E-state index contributed by atoms with van der Waals surface area (Å²) in [6, 6.07) is 3.54. The van der Waals surface area contributed by atoms with Crippen molar-refractivity contribution in [3.8, 4) is 11.5 Å². The molecule has 0 saturated carbocycles. The number of nitrogens with zero attached hydrogens (tertiary/aromatic N) is 4. The second-order valence-electron chi connectivity index (χ2n) is 4.90. The van der Waals surface area contributed by atoms with Crippen molar-refractivity contribution in [2.45, 2.75) is 0 Å². The molecule has 3 rings (SSSR count). The maximum Gasteiger partial charge on any atom is 0.349 e. The van der Waals surface area contributed by atoms with E-state index in [2.05, 4.69) is 15.0 Å². The number of rotatable bonds is 1. The molecule has 0 atom stereocenters. The Morgan fingerprint density at radius 1 is 1.24 bits per heavy atom. The van der Waals surface area contributed by atoms with Crippen molar-refractivity contribution in [2.24, 2.45) is 7.05 Å². The number of aryl methyl sites for hydroxylation is 1. The maximum absolute atomic E-state index is 11.8. The van der Waals surface area contributed by atoms with Crippen LogP contribution in [0.2, 0.25) is 5.02 Å². The van der Waals surface area contributed by atoms with Crippen LogP contribution in [-0.2, 0) is 7.05 Å². The summed E-state index contributed by atoms with van der Waals surface area (Å²) in [5, 5.41) is 0.532. The van der Waals surface area contributed by atoms with Crippen LogP contribution in [0.4, 0.5) is 5.69 Å². The molecule has 21 heavy (non-hydrogen) atoms. The molecule has 1 aromatic carbocycles. The third-order valence-corrected chi connectivity index (χ3v) is 3.59. The molecule has 8 heteroatoms. The minimum absolute atomic E-state index is 0.110. The lowest BCUT2D eigenvalue weighted by Gasteiger charge is -2.18. The van der Waals surface area contributed by atoms with Crippen LogP contribution in [0.15, 0.2) is 21.7 Å². The van der Waals surface area contributed by atoms with E-state index in [1.807, 2.05) is 25.1 Å². The quantitative estimate of drug-likeness (QED) is 0.674. The van der Waals surface area contributed by atoms with Gasteiger partial charge in [-0.1, -0.05) is 11.6 Å². The van der Waals surface area contributed by atoms with E-state index in [1.54, 1.807) is 17.7 Å². The molecule has 0 radical (unpaired) electrons. The highest BCUT2D eigenvalue weighted by molar-refractivity contribution is 6.34. The number of halogens is 1. The molecule has 0 aromatic heterocycles. The summed E-state index contributed by atoms with van der Waals surface area (Å²) in [5.74, 6) is 0.239. The molecule has 0 saturated heterocycles. The van der Waals surface area contributed by atoms with Gasteiger partial charge >= 0.3 is 5.69 Å². The van der Waals surface area contributed by atoms with Gasteiger partial charge in [-0.2, -0.15) is 4.98 Å². The van der Waals surface area contributed by atoms with Gasteiger partial charge in [0.15, 0.2) is 11.5 Å². The summed E-state index contributed by atoms with van der Waals surface area (Å²) >= 11 is 6.22. The zero-order chi connectivity index (χ0) is 15.3. The Labute approximate surface area is 124 Å². The van der Waals surface area contributed by atoms with Crippen LogP contribution >= 0.6 is 11.6 Å². The van der Waals surface area contributed by atoms with E-state index in [0.717, 1.165) is 11.2 Å². The maximum atomic E-state index is 11.8. The number of anilines is 1. The summed E-state index contributed by atoms with van der Waals surface area (Å²) in [4.78, 5) is 35.3. The molecule has 0 spiro atoms. The second kappa shape index (κ2) is 4.56. The van der Waals surface area contributed by atoms with E-state index in [4.69, 9.17) is 11.6 Å². The zero-order valence-electron chi connectivity index (χ0n) is 11.6. The Morgan fingerprint density at radius 2 is 1.95 bits per heavy atom. The summed E-state index contributed by atoms with van der Waals surface area (Å²) in [7, 11) is 5.48. The molecule has 1 aromatic rings. The van der Waals surface area contributed by atoms with Gasteiger partial charge in [0.05, 0.1) is 21.7 Å². The molecule has 0 amide bonds. The highest BCUT2D eigenvalue weighted by atomic mass is 35.5. The van der Waals surface area contributed by atoms with Crippen LogP contribution in [0.1, 0.15) is 0 Å². The largest absolute Gasteiger partial charge is 0.376 e. The Kier molecular flexibility index (Phi) is 2.94. The van der Waals surface area contributed by atoms with Crippen LogP contribution in [0, 0.1) is 0 Å². The Morgan fingerprint density at radius 3 is 2.62 bits per heavy atom. The Bertz CT molecular complexity index is 944. The lowest BCUT2D eigenvalue weighted by Crippen LogP contribution is -2.28. The van der Waals surface area contributed by atoms with Gasteiger partial charge in [-0.3, -0.25) is 9.78 Å². The minimum atomic E-state index is -0.689. The number of hydrogen-bond donors (Lipinski definition) is 1. The first-order valence-corrected chi connectivity index (χ1v) is 6.54. The minimum Gasteiger partial charge on any atom is -0.376 e. The first kappa shape index (κ1) is 13.6. The number of fused-ring (bicyclic) bond motifs is 2. The first-order valence-electron chi connectivity index (χ1n) is 6.16. The third kappa shape index (κ3) is 2.06. The van der Waals surface area contributed by atoms with E-state index in [9.17, 15) is 9.59 Å². The highest BCUT2D eigenvalue weighted by Crippen LogP contribution is 2.30. The SMILES string of the molecule is CN(C)c1cc2c(cc1Cl)nc1c(=O)[nH]c(=O)nc-1n2C. The lowest BCUT2D eigenvalue weighted by atomic mass is 10.2. The molecule has 0 bridgehead atoms. The van der Waals surface area contributed by atoms with E-state index in [0.29, 0.717) is 10.5 Å². The van der Waals surface area contributed by atoms with Crippen LogP contribution < -0.4 is 16.1 Å². The van der Waals surface area contributed by atoms with Crippen LogP contribution in [0.5, 0.6) is 0 Å². The van der Waals surface area contributed by atoms with Crippen molar-refractivity contribution in [2.75, 3.05) is 19.0 Å². The number of H-pyrrole nitrogens is 1. The van der Waals surface area contributed by atoms with Crippen molar-refractivity contribution in [3.05, 3.63) is 38.0 Å². The van der Waals surface area contributed by atoms with Crippen LogP contribution in [0.3, 0.4) is 0 Å². The summed E-state index contributed by atoms with van der Waals surface area (Å²) < 4.78 is 1.66. The lowest BCUT2D eigenvalue weighted by molar-refractivity contribution is 0.870. The monoisotopic (exact) mass is 305 g/mol. The number of aromatic amines is 1. The molecule has 2 heterocycles. The van der Waals surface area contributed by atoms with Crippen molar-refractivity contribution >= 4 is 28.3 Å². The highest BCUT2D eigenvalue weighted by Gasteiger charge is 2.18. The predicted octanol–water partition coefficient (Wildman–Crippen LogP) is 0.841. The van der Waals surface area contributed by atoms with Crippen LogP contribution in [0.25, 0.3) is 22.6 Å². The number of aromatic nitrogens is 4. The standard InChI is InChI=1S/C13H12ClN5O2/c1-18(2)8-5-9-7(4-6(8)14)15-10-11(19(9)3)16-13(21)17-12(10)20/h4-5H,1-3H3,(H,17,20,21). The van der Waals surface area contributed by atoms with Gasteiger partial charge in [-0.15, -0.1) is 0 Å². The van der Waals surface area contributed by atoms with Gasteiger partial charge in [0.2, 0.25) is 0 Å². The van der Waals surface area contributed by atoms with Gasteiger partial charge in [-0.25, -0.2) is 9.78 Å². The summed E-state index contributed by atoms with van der Waals surface area (Å²) in [6.45, 7) is 0. The van der Waals surface area contributed by atoms with Crippen LogP contribution in [-0.4, -0.2) is 33.6 Å².